The molecule has 1 aliphatic carbocycles. The largest absolute Gasteiger partial charge is 0.481 e. The maximum Gasteiger partial charge on any atom is 0.310 e. The van der Waals surface area contributed by atoms with Crippen molar-refractivity contribution in [3.63, 3.8) is 0 Å². The van der Waals surface area contributed by atoms with Gasteiger partial charge >= 0.3 is 5.97 Å². The minimum absolute atomic E-state index is 0.0244. The van der Waals surface area contributed by atoms with Gasteiger partial charge in [0.2, 0.25) is 0 Å². The lowest BCUT2D eigenvalue weighted by Gasteiger charge is -2.09. The number of ketones is 1. The summed E-state index contributed by atoms with van der Waals surface area (Å²) in [6, 6.07) is 0. The molecule has 1 aliphatic rings. The summed E-state index contributed by atoms with van der Waals surface area (Å²) in [6.07, 6.45) is 4.99. The Labute approximate surface area is 70.4 Å². The van der Waals surface area contributed by atoms with Gasteiger partial charge in [-0.3, -0.25) is 9.59 Å². The Kier molecular flexibility index (Phi) is 2.43. The Morgan fingerprint density at radius 2 is 2.25 bits per heavy atom. The highest BCUT2D eigenvalue weighted by molar-refractivity contribution is 5.93. The molecule has 0 radical (unpaired) electrons. The van der Waals surface area contributed by atoms with Crippen LogP contribution in [-0.4, -0.2) is 16.9 Å². The number of carbonyl (C=O) groups is 2. The van der Waals surface area contributed by atoms with Crippen LogP contribution in [0.4, 0.5) is 0 Å². The highest BCUT2D eigenvalue weighted by Crippen LogP contribution is 2.16. The molecule has 0 heterocycles. The van der Waals surface area contributed by atoms with Crippen LogP contribution >= 0.6 is 0 Å². The molecule has 3 heteroatoms. The van der Waals surface area contributed by atoms with E-state index in [2.05, 4.69) is 0 Å². The molecule has 1 rings (SSSR count). The standard InChI is InChI=1S/C9H10O3/c1-6(9(11)12)7-2-4-8(10)5-3-7/h2-4,6H,5H2,1H3,(H,11,12). The Morgan fingerprint density at radius 3 is 2.67 bits per heavy atom. The van der Waals surface area contributed by atoms with Crippen molar-refractivity contribution in [3.8, 4) is 0 Å². The van der Waals surface area contributed by atoms with Crippen LogP contribution in [0, 0.1) is 5.92 Å². The minimum atomic E-state index is -0.861. The predicted octanol–water partition coefficient (Wildman–Crippen LogP) is 1.16. The van der Waals surface area contributed by atoms with Crippen molar-refractivity contribution in [2.75, 3.05) is 0 Å². The Morgan fingerprint density at radius 1 is 1.58 bits per heavy atom. The van der Waals surface area contributed by atoms with E-state index in [-0.39, 0.29) is 5.78 Å². The molecule has 0 aromatic carbocycles. The van der Waals surface area contributed by atoms with Crippen molar-refractivity contribution >= 4 is 11.8 Å². The van der Waals surface area contributed by atoms with E-state index >= 15 is 0 Å². The van der Waals surface area contributed by atoms with E-state index in [1.54, 1.807) is 19.1 Å². The smallest absolute Gasteiger partial charge is 0.310 e. The quantitative estimate of drug-likeness (QED) is 0.669. The zero-order valence-electron chi connectivity index (χ0n) is 6.78. The molecule has 0 saturated heterocycles. The average Bonchev–Trinajstić information content (AvgIpc) is 2.04. The van der Waals surface area contributed by atoms with Gasteiger partial charge in [0, 0.05) is 6.42 Å². The summed E-state index contributed by atoms with van der Waals surface area (Å²) in [7, 11) is 0. The molecule has 0 aliphatic heterocycles. The van der Waals surface area contributed by atoms with Crippen molar-refractivity contribution < 1.29 is 14.7 Å². The second-order valence-electron chi connectivity index (χ2n) is 2.77. The van der Waals surface area contributed by atoms with E-state index < -0.39 is 11.9 Å². The van der Waals surface area contributed by atoms with Gasteiger partial charge in [-0.1, -0.05) is 12.2 Å². The first kappa shape index (κ1) is 8.71. The van der Waals surface area contributed by atoms with Gasteiger partial charge in [-0.05, 0) is 18.6 Å². The number of aliphatic carboxylic acids is 1. The molecule has 0 spiro atoms. The zero-order valence-corrected chi connectivity index (χ0v) is 6.78. The van der Waals surface area contributed by atoms with Crippen molar-refractivity contribution in [1.82, 2.24) is 0 Å². The number of carboxylic acids is 1. The summed E-state index contributed by atoms with van der Waals surface area (Å²) in [5, 5.41) is 8.64. The third-order valence-electron chi connectivity index (χ3n) is 1.87. The van der Waals surface area contributed by atoms with Crippen molar-refractivity contribution in [3.05, 3.63) is 23.8 Å². The molecule has 64 valence electrons. The number of hydrogen-bond donors (Lipinski definition) is 1. The second-order valence-corrected chi connectivity index (χ2v) is 2.77. The highest BCUT2D eigenvalue weighted by atomic mass is 16.4. The molecule has 0 aromatic rings. The average molecular weight is 166 g/mol. The van der Waals surface area contributed by atoms with Crippen LogP contribution in [0.15, 0.2) is 23.8 Å². The zero-order chi connectivity index (χ0) is 9.14. The summed E-state index contributed by atoms with van der Waals surface area (Å²) in [5.41, 5.74) is 0.710. The van der Waals surface area contributed by atoms with E-state index in [1.165, 1.54) is 6.08 Å². The first-order valence-corrected chi connectivity index (χ1v) is 3.75. The van der Waals surface area contributed by atoms with Gasteiger partial charge in [-0.2, -0.15) is 0 Å². The lowest BCUT2D eigenvalue weighted by molar-refractivity contribution is -0.139. The van der Waals surface area contributed by atoms with Crippen LogP contribution < -0.4 is 0 Å². The topological polar surface area (TPSA) is 54.4 Å². The Hall–Kier alpha value is -1.38. The Bertz CT molecular complexity index is 273. The molecule has 1 unspecified atom stereocenters. The van der Waals surface area contributed by atoms with Gasteiger partial charge in [0.15, 0.2) is 5.78 Å². The van der Waals surface area contributed by atoms with Crippen LogP contribution in [0.5, 0.6) is 0 Å². The summed E-state index contributed by atoms with van der Waals surface area (Å²) < 4.78 is 0. The third kappa shape index (κ3) is 1.81. The number of allylic oxidation sites excluding steroid dienone is 3. The van der Waals surface area contributed by atoms with E-state index in [0.717, 1.165) is 0 Å². The van der Waals surface area contributed by atoms with E-state index in [4.69, 9.17) is 5.11 Å². The molecule has 0 saturated carbocycles. The molecular weight excluding hydrogens is 156 g/mol. The monoisotopic (exact) mass is 166 g/mol. The molecule has 0 bridgehead atoms. The SMILES string of the molecule is CC(C(=O)O)C1=CCC(=O)C=C1. The van der Waals surface area contributed by atoms with Gasteiger partial charge in [-0.25, -0.2) is 0 Å². The van der Waals surface area contributed by atoms with Gasteiger partial charge in [0.1, 0.15) is 0 Å². The first-order chi connectivity index (χ1) is 5.61. The minimum Gasteiger partial charge on any atom is -0.481 e. The first-order valence-electron chi connectivity index (χ1n) is 3.75. The Balaban J connectivity index is 2.73. The fourth-order valence-electron chi connectivity index (χ4n) is 1.01. The maximum atomic E-state index is 10.7. The molecule has 1 N–H and O–H groups in total. The van der Waals surface area contributed by atoms with E-state index in [9.17, 15) is 9.59 Å². The van der Waals surface area contributed by atoms with Crippen LogP contribution in [-0.2, 0) is 9.59 Å². The van der Waals surface area contributed by atoms with E-state index in [1.807, 2.05) is 0 Å². The number of hydrogen-bond acceptors (Lipinski definition) is 2. The number of carboxylic acid groups (broad SMARTS) is 1. The lowest BCUT2D eigenvalue weighted by Crippen LogP contribution is -2.13. The lowest BCUT2D eigenvalue weighted by atomic mass is 9.95. The summed E-state index contributed by atoms with van der Waals surface area (Å²) in [4.78, 5) is 21.2. The number of carbonyl (C=O) groups excluding carboxylic acids is 1. The van der Waals surface area contributed by atoms with Crippen molar-refractivity contribution in [2.45, 2.75) is 13.3 Å². The molecule has 1 atom stereocenters. The molecule has 0 amide bonds. The van der Waals surface area contributed by atoms with Crippen LogP contribution in [0.25, 0.3) is 0 Å². The molecular formula is C9H10O3. The maximum absolute atomic E-state index is 10.7. The summed E-state index contributed by atoms with van der Waals surface area (Å²) in [6.45, 7) is 1.61. The molecule has 0 fully saturated rings. The molecule has 12 heavy (non-hydrogen) atoms. The van der Waals surface area contributed by atoms with Gasteiger partial charge in [0.25, 0.3) is 0 Å². The fourth-order valence-corrected chi connectivity index (χ4v) is 1.01. The van der Waals surface area contributed by atoms with Crippen molar-refractivity contribution in [2.24, 2.45) is 5.92 Å². The molecule has 3 nitrogen and oxygen atoms in total. The van der Waals surface area contributed by atoms with Crippen LogP contribution in [0.2, 0.25) is 0 Å². The summed E-state index contributed by atoms with van der Waals surface area (Å²) >= 11 is 0. The summed E-state index contributed by atoms with van der Waals surface area (Å²) in [5.74, 6) is -1.36. The van der Waals surface area contributed by atoms with Gasteiger partial charge < -0.3 is 5.11 Å². The molecule has 0 aromatic heterocycles. The van der Waals surface area contributed by atoms with E-state index in [0.29, 0.717) is 12.0 Å². The predicted molar refractivity (Wildman–Crippen MR) is 43.6 cm³/mol. The van der Waals surface area contributed by atoms with Gasteiger partial charge in [0.05, 0.1) is 5.92 Å². The highest BCUT2D eigenvalue weighted by Gasteiger charge is 2.16. The fraction of sp³-hybridized carbons (Fsp3) is 0.333. The number of rotatable bonds is 2. The second kappa shape index (κ2) is 3.34. The van der Waals surface area contributed by atoms with Crippen molar-refractivity contribution in [1.29, 1.82) is 0 Å². The van der Waals surface area contributed by atoms with Crippen LogP contribution in [0.3, 0.4) is 0 Å². The normalized spacial score (nSPS) is 18.8. The van der Waals surface area contributed by atoms with Crippen LogP contribution in [0.1, 0.15) is 13.3 Å². The van der Waals surface area contributed by atoms with Gasteiger partial charge in [-0.15, -0.1) is 0 Å². The third-order valence-corrected chi connectivity index (χ3v) is 1.87.